The molecule has 0 unspecified atom stereocenters. The largest absolute Gasteiger partial charge is 0.405 e. The van der Waals surface area contributed by atoms with Gasteiger partial charge in [0.1, 0.15) is 6.54 Å². The zero-order chi connectivity index (χ0) is 12.3. The summed E-state index contributed by atoms with van der Waals surface area (Å²) in [5.74, 6) is -0.929. The molecule has 0 saturated heterocycles. The number of nitrogens with zero attached hydrogens (tertiary/aromatic N) is 2. The third-order valence-electron chi connectivity index (χ3n) is 1.78. The summed E-state index contributed by atoms with van der Waals surface area (Å²) < 4.78 is 36.9. The number of carbonyl (C=O) groups excluding carboxylic acids is 1. The molecule has 0 aliphatic rings. The Bertz CT molecular complexity index is 385. The minimum Gasteiger partial charge on any atom is -0.396 e. The molecule has 1 amide bonds. The van der Waals surface area contributed by atoms with Crippen molar-refractivity contribution in [1.29, 1.82) is 0 Å². The number of hydrogen-bond donors (Lipinski definition) is 2. The van der Waals surface area contributed by atoms with E-state index in [1.807, 2.05) is 0 Å². The van der Waals surface area contributed by atoms with E-state index < -0.39 is 18.6 Å². The normalized spacial score (nSPS) is 11.5. The van der Waals surface area contributed by atoms with Crippen LogP contribution < -0.4 is 11.1 Å². The van der Waals surface area contributed by atoms with E-state index in [1.54, 1.807) is 12.2 Å². The van der Waals surface area contributed by atoms with Crippen LogP contribution in [0.15, 0.2) is 6.20 Å². The number of anilines is 1. The molecule has 0 fully saturated rings. The van der Waals surface area contributed by atoms with E-state index in [1.165, 1.54) is 10.9 Å². The first kappa shape index (κ1) is 12.3. The molecule has 1 heterocycles. The first-order valence-electron chi connectivity index (χ1n) is 4.51. The fourth-order valence-electron chi connectivity index (χ4n) is 1.04. The van der Waals surface area contributed by atoms with Gasteiger partial charge in [-0.3, -0.25) is 9.48 Å². The van der Waals surface area contributed by atoms with Crippen LogP contribution in [0, 0.1) is 0 Å². The van der Waals surface area contributed by atoms with Gasteiger partial charge in [-0.2, -0.15) is 18.3 Å². The van der Waals surface area contributed by atoms with Crippen LogP contribution in [0.25, 0.3) is 0 Å². The molecule has 0 bridgehead atoms. The summed E-state index contributed by atoms with van der Waals surface area (Å²) in [6.45, 7) is 0.852. The molecule has 1 aromatic heterocycles. The molecule has 0 radical (unpaired) electrons. The molecule has 0 aliphatic heterocycles. The van der Waals surface area contributed by atoms with Gasteiger partial charge in [-0.1, -0.05) is 0 Å². The fourth-order valence-corrected chi connectivity index (χ4v) is 1.04. The number of nitrogens with two attached hydrogens (primary N) is 1. The molecule has 16 heavy (non-hydrogen) atoms. The van der Waals surface area contributed by atoms with Crippen molar-refractivity contribution in [2.24, 2.45) is 0 Å². The third-order valence-corrected chi connectivity index (χ3v) is 1.78. The van der Waals surface area contributed by atoms with Crippen LogP contribution in [0.3, 0.4) is 0 Å². The lowest BCUT2D eigenvalue weighted by Crippen LogP contribution is -2.34. The van der Waals surface area contributed by atoms with Gasteiger partial charge >= 0.3 is 6.18 Å². The number of hydrogen-bond acceptors (Lipinski definition) is 3. The zero-order valence-corrected chi connectivity index (χ0v) is 8.51. The van der Waals surface area contributed by atoms with Gasteiger partial charge < -0.3 is 11.1 Å². The first-order valence-corrected chi connectivity index (χ1v) is 4.51. The van der Waals surface area contributed by atoms with Gasteiger partial charge in [0, 0.05) is 12.7 Å². The molecular formula is C8H11F3N4O. The Morgan fingerprint density at radius 2 is 2.25 bits per heavy atom. The number of alkyl halides is 3. The lowest BCUT2D eigenvalue weighted by atomic mass is 10.3. The van der Waals surface area contributed by atoms with Crippen LogP contribution in [0.2, 0.25) is 0 Å². The van der Waals surface area contributed by atoms with Crippen LogP contribution in [0.4, 0.5) is 18.9 Å². The summed E-state index contributed by atoms with van der Waals surface area (Å²) in [5, 5.41) is 5.44. The highest BCUT2D eigenvalue weighted by Gasteiger charge is 2.28. The number of aromatic nitrogens is 2. The predicted octanol–water partition coefficient (Wildman–Crippen LogP) is 0.777. The molecule has 1 rings (SSSR count). The van der Waals surface area contributed by atoms with Crippen LogP contribution in [-0.4, -0.2) is 28.4 Å². The second kappa shape index (κ2) is 4.42. The average molecular weight is 236 g/mol. The summed E-state index contributed by atoms with van der Waals surface area (Å²) in [5.41, 5.74) is 5.30. The minimum absolute atomic E-state index is 0.0570. The maximum atomic E-state index is 11.8. The SMILES string of the molecule is CCn1cc(N)c(C(=O)NCC(F)(F)F)n1. The van der Waals surface area contributed by atoms with Crippen LogP contribution in [0.1, 0.15) is 17.4 Å². The summed E-state index contributed by atoms with van der Waals surface area (Å²) in [4.78, 5) is 11.3. The van der Waals surface area contributed by atoms with Gasteiger partial charge in [0.15, 0.2) is 5.69 Å². The van der Waals surface area contributed by atoms with Crippen molar-refractivity contribution in [3.8, 4) is 0 Å². The lowest BCUT2D eigenvalue weighted by molar-refractivity contribution is -0.123. The Morgan fingerprint density at radius 3 is 2.69 bits per heavy atom. The average Bonchev–Trinajstić information content (AvgIpc) is 2.55. The minimum atomic E-state index is -4.45. The summed E-state index contributed by atoms with van der Waals surface area (Å²) in [7, 11) is 0. The number of carbonyl (C=O) groups is 1. The maximum Gasteiger partial charge on any atom is 0.405 e. The second-order valence-electron chi connectivity index (χ2n) is 3.09. The lowest BCUT2D eigenvalue weighted by Gasteiger charge is -2.06. The van der Waals surface area contributed by atoms with Gasteiger partial charge in [0.05, 0.1) is 5.69 Å². The third kappa shape index (κ3) is 3.14. The molecule has 90 valence electrons. The van der Waals surface area contributed by atoms with Gasteiger partial charge in [-0.15, -0.1) is 0 Å². The molecule has 0 aromatic carbocycles. The van der Waals surface area contributed by atoms with Crippen LogP contribution in [0.5, 0.6) is 0 Å². The molecule has 5 nitrogen and oxygen atoms in total. The molecule has 0 aliphatic carbocycles. The van der Waals surface area contributed by atoms with E-state index in [9.17, 15) is 18.0 Å². The quantitative estimate of drug-likeness (QED) is 0.814. The molecular weight excluding hydrogens is 225 g/mol. The summed E-state index contributed by atoms with van der Waals surface area (Å²) >= 11 is 0. The van der Waals surface area contributed by atoms with E-state index in [0.29, 0.717) is 6.54 Å². The predicted molar refractivity (Wildman–Crippen MR) is 50.7 cm³/mol. The highest BCUT2D eigenvalue weighted by Crippen LogP contribution is 2.13. The summed E-state index contributed by atoms with van der Waals surface area (Å²) in [6, 6.07) is 0. The smallest absolute Gasteiger partial charge is 0.396 e. The molecule has 0 atom stereocenters. The van der Waals surface area contributed by atoms with Crippen molar-refractivity contribution in [1.82, 2.24) is 15.1 Å². The van der Waals surface area contributed by atoms with Gasteiger partial charge in [-0.05, 0) is 6.92 Å². The Labute approximate surface area is 89.4 Å². The van der Waals surface area contributed by atoms with E-state index >= 15 is 0 Å². The van der Waals surface area contributed by atoms with Crippen molar-refractivity contribution in [3.05, 3.63) is 11.9 Å². The Morgan fingerprint density at radius 1 is 1.62 bits per heavy atom. The Kier molecular flexibility index (Phi) is 3.41. The van der Waals surface area contributed by atoms with Crippen molar-refractivity contribution in [2.75, 3.05) is 12.3 Å². The van der Waals surface area contributed by atoms with Crippen molar-refractivity contribution < 1.29 is 18.0 Å². The maximum absolute atomic E-state index is 11.8. The van der Waals surface area contributed by atoms with Gasteiger partial charge in [0.25, 0.3) is 5.91 Å². The summed E-state index contributed by atoms with van der Waals surface area (Å²) in [6.07, 6.45) is -3.06. The Hall–Kier alpha value is -1.73. The fraction of sp³-hybridized carbons (Fsp3) is 0.500. The van der Waals surface area contributed by atoms with Crippen LogP contribution in [-0.2, 0) is 6.54 Å². The molecule has 0 saturated carbocycles. The number of rotatable bonds is 3. The zero-order valence-electron chi connectivity index (χ0n) is 8.51. The van der Waals surface area contributed by atoms with Crippen molar-refractivity contribution in [2.45, 2.75) is 19.6 Å². The highest BCUT2D eigenvalue weighted by atomic mass is 19.4. The van der Waals surface area contributed by atoms with Gasteiger partial charge in [0.2, 0.25) is 0 Å². The number of nitrogen functional groups attached to an aromatic ring is 1. The molecule has 0 spiro atoms. The van der Waals surface area contributed by atoms with Gasteiger partial charge in [-0.25, -0.2) is 0 Å². The molecule has 1 aromatic rings. The number of halogens is 3. The number of aryl methyl sites for hydroxylation is 1. The second-order valence-corrected chi connectivity index (χ2v) is 3.09. The van der Waals surface area contributed by atoms with Crippen molar-refractivity contribution >= 4 is 11.6 Å². The van der Waals surface area contributed by atoms with Crippen molar-refractivity contribution in [3.63, 3.8) is 0 Å². The Balaban J connectivity index is 2.69. The van der Waals surface area contributed by atoms with E-state index in [2.05, 4.69) is 5.10 Å². The molecule has 3 N–H and O–H groups in total. The highest BCUT2D eigenvalue weighted by molar-refractivity contribution is 5.96. The van der Waals surface area contributed by atoms with E-state index in [-0.39, 0.29) is 11.4 Å². The number of amides is 1. The molecule has 8 heteroatoms. The topological polar surface area (TPSA) is 72.9 Å². The number of nitrogens with one attached hydrogen (secondary N) is 1. The standard InChI is InChI=1S/C8H11F3N4O/c1-2-15-3-5(12)6(14-15)7(16)13-4-8(9,10)11/h3H,2,4,12H2,1H3,(H,13,16). The monoisotopic (exact) mass is 236 g/mol. The van der Waals surface area contributed by atoms with E-state index in [0.717, 1.165) is 0 Å². The van der Waals surface area contributed by atoms with Crippen LogP contribution >= 0.6 is 0 Å². The van der Waals surface area contributed by atoms with E-state index in [4.69, 9.17) is 5.73 Å². The first-order chi connectivity index (χ1) is 7.33.